The summed E-state index contributed by atoms with van der Waals surface area (Å²) in [6.07, 6.45) is 5.13. The molecule has 0 bridgehead atoms. The van der Waals surface area contributed by atoms with Crippen LogP contribution in [0.5, 0.6) is 11.5 Å². The molecule has 0 radical (unpaired) electrons. The maximum atomic E-state index is 13.5. The number of pyridine rings is 2. The summed E-state index contributed by atoms with van der Waals surface area (Å²) in [6, 6.07) is 14.0. The van der Waals surface area contributed by atoms with Gasteiger partial charge in [0.05, 0.1) is 19.9 Å². The largest absolute Gasteiger partial charge is 0.494 e. The van der Waals surface area contributed by atoms with Crippen LogP contribution in [0.25, 0.3) is 22.7 Å². The van der Waals surface area contributed by atoms with E-state index in [0.29, 0.717) is 34.2 Å². The van der Waals surface area contributed by atoms with Gasteiger partial charge >= 0.3 is 0 Å². The number of aromatic nitrogens is 6. The van der Waals surface area contributed by atoms with Crippen LogP contribution in [0.2, 0.25) is 0 Å². The number of methoxy groups -OCH3 is 2. The number of aliphatic hydroxyl groups is 1. The topological polar surface area (TPSA) is 146 Å². The highest BCUT2D eigenvalue weighted by Crippen LogP contribution is 2.38. The third-order valence-electron chi connectivity index (χ3n) is 6.06. The molecule has 196 valence electrons. The molecule has 5 rings (SSSR count). The first kappa shape index (κ1) is 25.2. The van der Waals surface area contributed by atoms with Crippen molar-refractivity contribution < 1.29 is 23.0 Å². The van der Waals surface area contributed by atoms with Crippen LogP contribution < -0.4 is 14.2 Å². The Bertz CT molecular complexity index is 1630. The number of rotatable bonds is 9. The third-order valence-corrected chi connectivity index (χ3v) is 7.77. The Morgan fingerprint density at radius 1 is 1.00 bits per heavy atom. The molecule has 4 aromatic heterocycles. The highest BCUT2D eigenvalue weighted by molar-refractivity contribution is 7.93. The summed E-state index contributed by atoms with van der Waals surface area (Å²) in [4.78, 5) is 8.50. The van der Waals surface area contributed by atoms with Crippen molar-refractivity contribution in [3.05, 3.63) is 79.0 Å². The van der Waals surface area contributed by atoms with E-state index in [1.54, 1.807) is 71.7 Å². The molecule has 2 N–H and O–H groups in total. The van der Waals surface area contributed by atoms with Gasteiger partial charge in [-0.3, -0.25) is 14.3 Å². The molecular formula is C25H25N7O5S. The molecule has 0 spiro atoms. The quantitative estimate of drug-likeness (QED) is 0.291. The normalized spacial score (nSPS) is 13.3. The second-order valence-electron chi connectivity index (χ2n) is 8.36. The van der Waals surface area contributed by atoms with E-state index >= 15 is 0 Å². The molecule has 38 heavy (non-hydrogen) atoms. The lowest BCUT2D eigenvalue weighted by Gasteiger charge is -2.20. The second-order valence-corrected chi connectivity index (χ2v) is 10.4. The van der Waals surface area contributed by atoms with Crippen LogP contribution in [0.4, 0.5) is 5.95 Å². The fourth-order valence-corrected chi connectivity index (χ4v) is 5.07. The summed E-state index contributed by atoms with van der Waals surface area (Å²) in [5.41, 5.74) is 1.77. The van der Waals surface area contributed by atoms with Crippen LogP contribution in [-0.4, -0.2) is 62.1 Å². The van der Waals surface area contributed by atoms with E-state index in [0.717, 1.165) is 0 Å². The van der Waals surface area contributed by atoms with Gasteiger partial charge in [0, 0.05) is 30.4 Å². The van der Waals surface area contributed by atoms with Crippen molar-refractivity contribution in [2.24, 2.45) is 0 Å². The number of imidazole rings is 1. The molecule has 0 aliphatic heterocycles. The van der Waals surface area contributed by atoms with Gasteiger partial charge in [0.1, 0.15) is 34.2 Å². The molecular weight excluding hydrogens is 510 g/mol. The van der Waals surface area contributed by atoms with Gasteiger partial charge < -0.3 is 19.0 Å². The predicted molar refractivity (Wildman–Crippen MR) is 140 cm³/mol. The number of fused-ring (bicyclic) bond motifs is 1. The fourth-order valence-electron chi connectivity index (χ4n) is 4.02. The molecule has 0 unspecified atom stereocenters. The summed E-state index contributed by atoms with van der Waals surface area (Å²) in [5.74, 6) is 0.966. The van der Waals surface area contributed by atoms with Gasteiger partial charge in [-0.05, 0) is 43.3 Å². The lowest BCUT2D eigenvalue weighted by atomic mass is 10.2. The number of aliphatic hydroxyl groups excluding tert-OH is 1. The Morgan fingerprint density at radius 2 is 1.76 bits per heavy atom. The number of nitrogens with one attached hydrogen (secondary N) is 1. The zero-order valence-corrected chi connectivity index (χ0v) is 21.6. The lowest BCUT2D eigenvalue weighted by molar-refractivity contribution is 0.172. The SMILES string of the molecule is COc1cccc(OC)c1-n1c(NS(=O)(=O)[C@@H](C)[C@H](O)c2cn3ccccc3n2)nnc1-c1cccnc1. The van der Waals surface area contributed by atoms with Crippen LogP contribution in [0.3, 0.4) is 0 Å². The first-order valence-electron chi connectivity index (χ1n) is 11.5. The molecule has 0 fully saturated rings. The lowest BCUT2D eigenvalue weighted by Crippen LogP contribution is -2.32. The second kappa shape index (κ2) is 10.1. The monoisotopic (exact) mass is 535 g/mol. The first-order chi connectivity index (χ1) is 18.3. The zero-order chi connectivity index (χ0) is 26.9. The van der Waals surface area contributed by atoms with Crippen molar-refractivity contribution in [2.75, 3.05) is 18.9 Å². The van der Waals surface area contributed by atoms with Crippen LogP contribution >= 0.6 is 0 Å². The Balaban J connectivity index is 1.58. The van der Waals surface area contributed by atoms with Crippen LogP contribution in [0, 0.1) is 0 Å². The van der Waals surface area contributed by atoms with E-state index in [4.69, 9.17) is 9.47 Å². The minimum Gasteiger partial charge on any atom is -0.494 e. The molecule has 1 aromatic carbocycles. The van der Waals surface area contributed by atoms with Crippen molar-refractivity contribution in [1.82, 2.24) is 29.1 Å². The minimum absolute atomic E-state index is 0.124. The Morgan fingerprint density at radius 3 is 2.42 bits per heavy atom. The number of ether oxygens (including phenoxy) is 2. The van der Waals surface area contributed by atoms with Crippen molar-refractivity contribution in [1.29, 1.82) is 0 Å². The standard InChI is InChI=1S/C25H25N7O5S/c1-16(23(33)18-15-31-13-5-4-11-21(31)27-18)38(34,35)30-25-29-28-24(17-8-7-12-26-14-17)32(25)22-19(36-2)9-6-10-20(22)37-3/h4-16,23,33H,1-3H3,(H,29,30)/t16-,23-/m0/s1. The first-order valence-corrected chi connectivity index (χ1v) is 13.1. The molecule has 12 nitrogen and oxygen atoms in total. The van der Waals surface area contributed by atoms with Crippen molar-refractivity contribution in [3.63, 3.8) is 0 Å². The van der Waals surface area contributed by atoms with E-state index in [9.17, 15) is 13.5 Å². The predicted octanol–water partition coefficient (Wildman–Crippen LogP) is 2.86. The summed E-state index contributed by atoms with van der Waals surface area (Å²) >= 11 is 0. The summed E-state index contributed by atoms with van der Waals surface area (Å²) < 4.78 is 43.8. The molecule has 0 aliphatic rings. The number of benzene rings is 1. The number of sulfonamides is 1. The van der Waals surface area contributed by atoms with E-state index in [2.05, 4.69) is 24.9 Å². The number of anilines is 1. The van der Waals surface area contributed by atoms with E-state index in [1.807, 2.05) is 6.07 Å². The Kier molecular flexibility index (Phi) is 6.70. The van der Waals surface area contributed by atoms with E-state index < -0.39 is 21.4 Å². The van der Waals surface area contributed by atoms with Crippen molar-refractivity contribution >= 4 is 21.6 Å². The van der Waals surface area contributed by atoms with Crippen LogP contribution in [-0.2, 0) is 10.0 Å². The molecule has 5 aromatic rings. The maximum Gasteiger partial charge on any atom is 0.243 e. The average Bonchev–Trinajstić information content (AvgIpc) is 3.56. The van der Waals surface area contributed by atoms with Gasteiger partial charge in [-0.25, -0.2) is 13.4 Å². The van der Waals surface area contributed by atoms with Gasteiger partial charge in [0.15, 0.2) is 5.82 Å². The molecule has 13 heteroatoms. The summed E-state index contributed by atoms with van der Waals surface area (Å²) in [5, 5.41) is 18.0. The molecule has 2 atom stereocenters. The molecule has 4 heterocycles. The third kappa shape index (κ3) is 4.53. The highest BCUT2D eigenvalue weighted by atomic mass is 32.2. The fraction of sp³-hybridized carbons (Fsp3) is 0.200. The molecule has 0 aliphatic carbocycles. The number of para-hydroxylation sites is 1. The number of nitrogens with zero attached hydrogens (tertiary/aromatic N) is 6. The molecule has 0 saturated heterocycles. The van der Waals surface area contributed by atoms with Gasteiger partial charge in [0.25, 0.3) is 0 Å². The summed E-state index contributed by atoms with van der Waals surface area (Å²) in [6.45, 7) is 1.39. The van der Waals surface area contributed by atoms with Crippen molar-refractivity contribution in [2.45, 2.75) is 18.3 Å². The van der Waals surface area contributed by atoms with Gasteiger partial charge in [-0.2, -0.15) is 0 Å². The van der Waals surface area contributed by atoms with Crippen LogP contribution in [0.15, 0.2) is 73.3 Å². The van der Waals surface area contributed by atoms with Gasteiger partial charge in [-0.1, -0.05) is 12.1 Å². The smallest absolute Gasteiger partial charge is 0.243 e. The van der Waals surface area contributed by atoms with E-state index in [1.165, 1.54) is 25.7 Å². The Labute approximate surface area is 218 Å². The number of hydrogen-bond acceptors (Lipinski definition) is 9. The molecule has 0 saturated carbocycles. The number of hydrogen-bond donors (Lipinski definition) is 2. The van der Waals surface area contributed by atoms with Crippen molar-refractivity contribution in [3.8, 4) is 28.6 Å². The highest BCUT2D eigenvalue weighted by Gasteiger charge is 2.33. The summed E-state index contributed by atoms with van der Waals surface area (Å²) in [7, 11) is -1.23. The minimum atomic E-state index is -4.21. The van der Waals surface area contributed by atoms with E-state index in [-0.39, 0.29) is 11.6 Å². The Hall–Kier alpha value is -4.49. The van der Waals surface area contributed by atoms with Crippen LogP contribution in [0.1, 0.15) is 18.7 Å². The molecule has 0 amide bonds. The maximum absolute atomic E-state index is 13.5. The average molecular weight is 536 g/mol. The zero-order valence-electron chi connectivity index (χ0n) is 20.8. The van der Waals surface area contributed by atoms with Gasteiger partial charge in [0.2, 0.25) is 16.0 Å². The van der Waals surface area contributed by atoms with Gasteiger partial charge in [-0.15, -0.1) is 10.2 Å².